The monoisotopic (exact) mass is 575 g/mol. The standard InChI is InChI=1S/C33H41N3O4S/c1-3-22-35(41(39,40)30-18-12-7-13-19-30)26-32(37)36(25-27-14-8-5-9-15-27)29-20-23-34(24-21-29)33(38)31(4-2)28-16-10-6-11-17-28/h5-19,29,31H,3-4,20-26H2,1-2H3/t31-/m1/s1. The molecule has 1 heterocycles. The number of piperidine rings is 1. The molecule has 0 bridgehead atoms. The third-order valence-electron chi connectivity index (χ3n) is 7.81. The van der Waals surface area contributed by atoms with Crippen molar-refractivity contribution in [2.24, 2.45) is 0 Å². The lowest BCUT2D eigenvalue weighted by Crippen LogP contribution is -2.51. The Hall–Kier alpha value is -3.49. The number of rotatable bonds is 12. The molecule has 0 radical (unpaired) electrons. The highest BCUT2D eigenvalue weighted by Crippen LogP contribution is 2.26. The van der Waals surface area contributed by atoms with Gasteiger partial charge in [-0.05, 0) is 48.9 Å². The number of nitrogens with zero attached hydrogens (tertiary/aromatic N) is 3. The summed E-state index contributed by atoms with van der Waals surface area (Å²) in [5.41, 5.74) is 2.01. The number of sulfonamides is 1. The van der Waals surface area contributed by atoms with Crippen molar-refractivity contribution in [1.82, 2.24) is 14.1 Å². The lowest BCUT2D eigenvalue weighted by molar-refractivity contribution is -0.138. The molecule has 4 rings (SSSR count). The van der Waals surface area contributed by atoms with Crippen molar-refractivity contribution in [3.63, 3.8) is 0 Å². The number of hydrogen-bond acceptors (Lipinski definition) is 4. The van der Waals surface area contributed by atoms with Crippen molar-refractivity contribution >= 4 is 21.8 Å². The average molecular weight is 576 g/mol. The maximum atomic E-state index is 13.9. The van der Waals surface area contributed by atoms with Crippen LogP contribution >= 0.6 is 0 Å². The lowest BCUT2D eigenvalue weighted by atomic mass is 9.93. The van der Waals surface area contributed by atoms with Gasteiger partial charge in [-0.25, -0.2) is 8.42 Å². The first kappa shape index (κ1) is 30.5. The SMILES string of the molecule is CCCN(CC(=O)N(Cc1ccccc1)C1CCN(C(=O)[C@H](CC)c2ccccc2)CC1)S(=O)(=O)c1ccccc1. The Morgan fingerprint density at radius 2 is 1.41 bits per heavy atom. The molecule has 3 aromatic carbocycles. The van der Waals surface area contributed by atoms with Gasteiger partial charge in [-0.3, -0.25) is 9.59 Å². The van der Waals surface area contributed by atoms with Crippen LogP contribution in [0, 0.1) is 0 Å². The molecule has 0 spiro atoms. The molecule has 2 amide bonds. The van der Waals surface area contributed by atoms with Crippen molar-refractivity contribution in [1.29, 1.82) is 0 Å². The van der Waals surface area contributed by atoms with Gasteiger partial charge in [0.25, 0.3) is 0 Å². The molecule has 0 unspecified atom stereocenters. The van der Waals surface area contributed by atoms with Crippen LogP contribution in [0.2, 0.25) is 0 Å². The van der Waals surface area contributed by atoms with Gasteiger partial charge in [0, 0.05) is 32.2 Å². The second kappa shape index (κ2) is 14.4. The Morgan fingerprint density at radius 1 is 0.854 bits per heavy atom. The summed E-state index contributed by atoms with van der Waals surface area (Å²) < 4.78 is 28.2. The summed E-state index contributed by atoms with van der Waals surface area (Å²) in [5, 5.41) is 0. The number of benzene rings is 3. The molecule has 1 fully saturated rings. The molecule has 0 aliphatic carbocycles. The van der Waals surface area contributed by atoms with E-state index < -0.39 is 10.0 Å². The molecule has 218 valence electrons. The van der Waals surface area contributed by atoms with E-state index in [1.54, 1.807) is 30.3 Å². The molecule has 0 aromatic heterocycles. The number of hydrogen-bond donors (Lipinski definition) is 0. The molecule has 1 saturated heterocycles. The Balaban J connectivity index is 1.51. The van der Waals surface area contributed by atoms with E-state index in [1.807, 2.05) is 84.3 Å². The van der Waals surface area contributed by atoms with E-state index in [-0.39, 0.29) is 41.8 Å². The van der Waals surface area contributed by atoms with E-state index in [2.05, 4.69) is 0 Å². The van der Waals surface area contributed by atoms with Crippen LogP contribution in [0.1, 0.15) is 56.6 Å². The first-order valence-electron chi connectivity index (χ1n) is 14.6. The first-order valence-corrected chi connectivity index (χ1v) is 16.0. The summed E-state index contributed by atoms with van der Waals surface area (Å²) in [4.78, 5) is 31.3. The van der Waals surface area contributed by atoms with Gasteiger partial charge in [0.05, 0.1) is 17.4 Å². The summed E-state index contributed by atoms with van der Waals surface area (Å²) in [6, 6.07) is 27.9. The van der Waals surface area contributed by atoms with Crippen molar-refractivity contribution in [3.05, 3.63) is 102 Å². The molecule has 0 saturated carbocycles. The molecule has 1 atom stereocenters. The van der Waals surface area contributed by atoms with E-state index in [4.69, 9.17) is 0 Å². The fourth-order valence-electron chi connectivity index (χ4n) is 5.57. The fourth-order valence-corrected chi connectivity index (χ4v) is 7.08. The zero-order chi connectivity index (χ0) is 29.2. The van der Waals surface area contributed by atoms with Crippen LogP contribution < -0.4 is 0 Å². The van der Waals surface area contributed by atoms with Gasteiger partial charge in [-0.2, -0.15) is 4.31 Å². The van der Waals surface area contributed by atoms with Gasteiger partial charge in [-0.15, -0.1) is 0 Å². The normalized spacial score (nSPS) is 15.0. The molecule has 1 aliphatic heterocycles. The average Bonchev–Trinajstić information content (AvgIpc) is 3.01. The van der Waals surface area contributed by atoms with Crippen molar-refractivity contribution in [2.75, 3.05) is 26.2 Å². The summed E-state index contributed by atoms with van der Waals surface area (Å²) in [6.45, 7) is 5.50. The van der Waals surface area contributed by atoms with Crippen LogP contribution in [-0.2, 0) is 26.2 Å². The first-order chi connectivity index (χ1) is 19.8. The van der Waals surface area contributed by atoms with E-state index in [0.717, 1.165) is 17.5 Å². The van der Waals surface area contributed by atoms with Crippen molar-refractivity contribution in [2.45, 2.75) is 62.9 Å². The summed E-state index contributed by atoms with van der Waals surface area (Å²) in [7, 11) is -3.82. The fraction of sp³-hybridized carbons (Fsp3) is 0.394. The second-order valence-electron chi connectivity index (χ2n) is 10.6. The Kier molecular flexibility index (Phi) is 10.7. The molecule has 41 heavy (non-hydrogen) atoms. The van der Waals surface area contributed by atoms with Crippen molar-refractivity contribution in [3.8, 4) is 0 Å². The van der Waals surface area contributed by atoms with Gasteiger partial charge in [0.1, 0.15) is 0 Å². The van der Waals surface area contributed by atoms with Crippen LogP contribution in [0.5, 0.6) is 0 Å². The van der Waals surface area contributed by atoms with Gasteiger partial charge < -0.3 is 9.80 Å². The topological polar surface area (TPSA) is 78.0 Å². The van der Waals surface area contributed by atoms with E-state index >= 15 is 0 Å². The smallest absolute Gasteiger partial charge is 0.243 e. The lowest BCUT2D eigenvalue weighted by Gasteiger charge is -2.40. The van der Waals surface area contributed by atoms with E-state index in [1.165, 1.54) is 4.31 Å². The number of amides is 2. The zero-order valence-corrected chi connectivity index (χ0v) is 24.9. The summed E-state index contributed by atoms with van der Waals surface area (Å²) in [6.07, 6.45) is 2.62. The van der Waals surface area contributed by atoms with E-state index in [0.29, 0.717) is 38.9 Å². The summed E-state index contributed by atoms with van der Waals surface area (Å²) in [5.74, 6) is -0.274. The quantitative estimate of drug-likeness (QED) is 0.294. The van der Waals surface area contributed by atoms with Gasteiger partial charge in [-0.1, -0.05) is 92.7 Å². The van der Waals surface area contributed by atoms with Crippen LogP contribution in [0.3, 0.4) is 0 Å². The maximum absolute atomic E-state index is 13.9. The predicted octanol–water partition coefficient (Wildman–Crippen LogP) is 5.30. The predicted molar refractivity (Wildman–Crippen MR) is 162 cm³/mol. The minimum absolute atomic E-state index is 0.0912. The van der Waals surface area contributed by atoms with Gasteiger partial charge >= 0.3 is 0 Å². The molecular weight excluding hydrogens is 534 g/mol. The summed E-state index contributed by atoms with van der Waals surface area (Å²) >= 11 is 0. The van der Waals surface area contributed by atoms with Gasteiger partial charge in [0.15, 0.2) is 0 Å². The van der Waals surface area contributed by atoms with Crippen molar-refractivity contribution < 1.29 is 18.0 Å². The molecule has 7 nitrogen and oxygen atoms in total. The molecule has 0 N–H and O–H groups in total. The minimum atomic E-state index is -3.82. The molecule has 8 heteroatoms. The number of carbonyl (C=O) groups excluding carboxylic acids is 2. The van der Waals surface area contributed by atoms with Crippen LogP contribution in [0.15, 0.2) is 95.9 Å². The Morgan fingerprint density at radius 3 is 1.98 bits per heavy atom. The minimum Gasteiger partial charge on any atom is -0.342 e. The van der Waals surface area contributed by atoms with Crippen LogP contribution in [-0.4, -0.2) is 66.6 Å². The maximum Gasteiger partial charge on any atom is 0.243 e. The second-order valence-corrected chi connectivity index (χ2v) is 12.5. The molecule has 1 aliphatic rings. The number of carbonyl (C=O) groups is 2. The van der Waals surface area contributed by atoms with Gasteiger partial charge in [0.2, 0.25) is 21.8 Å². The molecular formula is C33H41N3O4S. The Bertz CT molecular complexity index is 1360. The third-order valence-corrected chi connectivity index (χ3v) is 9.67. The third kappa shape index (κ3) is 7.63. The highest BCUT2D eigenvalue weighted by Gasteiger charge is 2.34. The van der Waals surface area contributed by atoms with E-state index in [9.17, 15) is 18.0 Å². The molecule has 3 aromatic rings. The number of likely N-dealkylation sites (tertiary alicyclic amines) is 1. The largest absolute Gasteiger partial charge is 0.342 e. The zero-order valence-electron chi connectivity index (χ0n) is 24.1. The van der Waals surface area contributed by atoms with Crippen LogP contribution in [0.4, 0.5) is 0 Å². The highest BCUT2D eigenvalue weighted by molar-refractivity contribution is 7.89. The Labute approximate surface area is 244 Å². The van der Waals surface area contributed by atoms with Crippen LogP contribution in [0.25, 0.3) is 0 Å². The highest BCUT2D eigenvalue weighted by atomic mass is 32.2.